The van der Waals surface area contributed by atoms with Gasteiger partial charge in [-0.15, -0.1) is 24.8 Å². The molecule has 1 saturated heterocycles. The van der Waals surface area contributed by atoms with Gasteiger partial charge in [0.1, 0.15) is 11.8 Å². The highest BCUT2D eigenvalue weighted by Gasteiger charge is 2.28. The van der Waals surface area contributed by atoms with Crippen LogP contribution in [0.4, 0.5) is 4.39 Å². The maximum Gasteiger partial charge on any atom is 0.251 e. The van der Waals surface area contributed by atoms with E-state index in [1.807, 2.05) is 16.8 Å². The van der Waals surface area contributed by atoms with Crippen molar-refractivity contribution in [1.82, 2.24) is 19.8 Å². The summed E-state index contributed by atoms with van der Waals surface area (Å²) >= 11 is 1.71. The van der Waals surface area contributed by atoms with Crippen molar-refractivity contribution >= 4 is 47.5 Å². The third kappa shape index (κ3) is 5.18. The highest BCUT2D eigenvalue weighted by molar-refractivity contribution is 7.99. The summed E-state index contributed by atoms with van der Waals surface area (Å²) < 4.78 is 21.8. The zero-order valence-corrected chi connectivity index (χ0v) is 21.7. The minimum Gasteiger partial charge on any atom is -0.480 e. The average Bonchev–Trinajstić information content (AvgIpc) is 3.31. The molecule has 188 valence electrons. The first-order chi connectivity index (χ1) is 16.2. The van der Waals surface area contributed by atoms with Crippen molar-refractivity contribution in [2.24, 2.45) is 0 Å². The first-order valence-corrected chi connectivity index (χ1v) is 12.7. The molecule has 0 radical (unpaired) electrons. The van der Waals surface area contributed by atoms with Gasteiger partial charge in [0, 0.05) is 30.8 Å². The van der Waals surface area contributed by atoms with Crippen LogP contribution >= 0.6 is 36.6 Å². The SMILES string of the molecule is Cl.Cl.O=c1ccc2ccc(F)c3c2n1C(CN1CCC(NCc2cc4c(cn2)OCS4)CC1)CC3. The zero-order valence-electron chi connectivity index (χ0n) is 19.2. The third-order valence-corrected chi connectivity index (χ3v) is 8.04. The van der Waals surface area contributed by atoms with Gasteiger partial charge in [-0.2, -0.15) is 0 Å². The quantitative estimate of drug-likeness (QED) is 0.513. The molecule has 3 aliphatic heterocycles. The number of hydrogen-bond donors (Lipinski definition) is 1. The lowest BCUT2D eigenvalue weighted by molar-refractivity contribution is 0.167. The average molecular weight is 540 g/mol. The van der Waals surface area contributed by atoms with E-state index in [1.54, 1.807) is 23.9 Å². The Balaban J connectivity index is 0.00000144. The maximum atomic E-state index is 14.4. The molecule has 5 heterocycles. The van der Waals surface area contributed by atoms with Crippen molar-refractivity contribution < 1.29 is 9.13 Å². The van der Waals surface area contributed by atoms with Crippen molar-refractivity contribution in [1.29, 1.82) is 0 Å². The molecule has 1 fully saturated rings. The van der Waals surface area contributed by atoms with Gasteiger partial charge in [-0.3, -0.25) is 9.78 Å². The molecule has 1 N–H and O–H groups in total. The number of hydrogen-bond acceptors (Lipinski definition) is 6. The van der Waals surface area contributed by atoms with E-state index in [0.717, 1.165) is 67.8 Å². The van der Waals surface area contributed by atoms with Gasteiger partial charge in [-0.05, 0) is 68.4 Å². The van der Waals surface area contributed by atoms with E-state index < -0.39 is 0 Å². The third-order valence-electron chi connectivity index (χ3n) is 7.18. The van der Waals surface area contributed by atoms with Crippen LogP contribution in [0.1, 0.15) is 36.6 Å². The highest BCUT2D eigenvalue weighted by Crippen LogP contribution is 2.35. The summed E-state index contributed by atoms with van der Waals surface area (Å²) in [5.74, 6) is 1.37. The molecule has 35 heavy (non-hydrogen) atoms. The van der Waals surface area contributed by atoms with E-state index >= 15 is 0 Å². The second-order valence-electron chi connectivity index (χ2n) is 9.18. The Hall–Kier alpha value is -1.84. The molecule has 0 amide bonds. The van der Waals surface area contributed by atoms with Crippen LogP contribution in [0.25, 0.3) is 10.9 Å². The molecule has 0 bridgehead atoms. The summed E-state index contributed by atoms with van der Waals surface area (Å²) in [6, 6.07) is 9.43. The van der Waals surface area contributed by atoms with Crippen LogP contribution in [0.15, 0.2) is 46.2 Å². The molecule has 1 unspecified atom stereocenters. The fourth-order valence-electron chi connectivity index (χ4n) is 5.42. The van der Waals surface area contributed by atoms with E-state index in [1.165, 1.54) is 11.0 Å². The molecule has 0 saturated carbocycles. The number of thioether (sulfide) groups is 1. The number of benzene rings is 1. The Morgan fingerprint density at radius 1 is 1.14 bits per heavy atom. The van der Waals surface area contributed by atoms with Crippen molar-refractivity contribution in [2.45, 2.75) is 49.2 Å². The fraction of sp³-hybridized carbons (Fsp3) is 0.440. The Morgan fingerprint density at radius 2 is 1.94 bits per heavy atom. The van der Waals surface area contributed by atoms with Crippen molar-refractivity contribution in [3.05, 3.63) is 64.0 Å². The second-order valence-corrected chi connectivity index (χ2v) is 10.1. The van der Waals surface area contributed by atoms with E-state index in [4.69, 9.17) is 4.74 Å². The van der Waals surface area contributed by atoms with Crippen molar-refractivity contribution in [2.75, 3.05) is 25.6 Å². The number of nitrogens with zero attached hydrogens (tertiary/aromatic N) is 3. The molecule has 0 spiro atoms. The van der Waals surface area contributed by atoms with E-state index in [-0.39, 0.29) is 42.2 Å². The largest absolute Gasteiger partial charge is 0.480 e. The predicted molar refractivity (Wildman–Crippen MR) is 142 cm³/mol. The smallest absolute Gasteiger partial charge is 0.251 e. The van der Waals surface area contributed by atoms with Gasteiger partial charge in [-0.1, -0.05) is 11.8 Å². The standard InChI is InChI=1S/C25H27FN4O2S.2ClH/c26-21-5-1-16-2-6-24(31)30-19(3-4-20(21)25(16)30)14-29-9-7-17(8-10-29)27-12-18-11-23-22(13-28-18)32-15-33-23;;/h1-2,5-6,11,13,17,19,27H,3-4,7-10,12,14-15H2;2*1H. The number of pyridine rings is 2. The number of halogens is 3. The van der Waals surface area contributed by atoms with Gasteiger partial charge in [0.05, 0.1) is 28.3 Å². The maximum absolute atomic E-state index is 14.4. The van der Waals surface area contributed by atoms with E-state index in [9.17, 15) is 9.18 Å². The molecule has 10 heteroatoms. The molecular formula is C25H29Cl2FN4O2S. The molecule has 1 atom stereocenters. The summed E-state index contributed by atoms with van der Waals surface area (Å²) in [4.78, 5) is 20.9. The first kappa shape index (κ1) is 26.2. The number of likely N-dealkylation sites (tertiary alicyclic amines) is 1. The topological polar surface area (TPSA) is 59.4 Å². The number of nitrogens with one attached hydrogen (secondary N) is 1. The highest BCUT2D eigenvalue weighted by atomic mass is 35.5. The van der Waals surface area contributed by atoms with Gasteiger partial charge in [0.25, 0.3) is 5.56 Å². The molecule has 2 aromatic heterocycles. The lowest BCUT2D eigenvalue weighted by Crippen LogP contribution is -2.45. The lowest BCUT2D eigenvalue weighted by atomic mass is 9.95. The number of fused-ring (bicyclic) bond motifs is 1. The Labute approximate surface area is 220 Å². The minimum atomic E-state index is -0.198. The van der Waals surface area contributed by atoms with Crippen LogP contribution in [0.5, 0.6) is 5.75 Å². The van der Waals surface area contributed by atoms with Gasteiger partial charge in [-0.25, -0.2) is 4.39 Å². The van der Waals surface area contributed by atoms with E-state index in [2.05, 4.69) is 21.3 Å². The molecule has 6 nitrogen and oxygen atoms in total. The molecule has 0 aliphatic carbocycles. The Kier molecular flexibility index (Phi) is 8.28. The van der Waals surface area contributed by atoms with E-state index in [0.29, 0.717) is 24.0 Å². The summed E-state index contributed by atoms with van der Waals surface area (Å²) in [6.07, 6.45) is 5.45. The predicted octanol–water partition coefficient (Wildman–Crippen LogP) is 4.56. The van der Waals surface area contributed by atoms with Crippen molar-refractivity contribution in [3.8, 4) is 5.75 Å². The number of ether oxygens (including phenoxy) is 1. The summed E-state index contributed by atoms with van der Waals surface area (Å²) in [5, 5.41) is 4.61. The van der Waals surface area contributed by atoms with Crippen LogP contribution < -0.4 is 15.6 Å². The zero-order chi connectivity index (χ0) is 22.4. The fourth-order valence-corrected chi connectivity index (χ4v) is 6.21. The van der Waals surface area contributed by atoms with Crippen LogP contribution in [-0.2, 0) is 13.0 Å². The second kappa shape index (κ2) is 11.0. The molecule has 1 aromatic carbocycles. The summed E-state index contributed by atoms with van der Waals surface area (Å²) in [6.45, 7) is 3.60. The first-order valence-electron chi connectivity index (χ1n) is 11.7. The van der Waals surface area contributed by atoms with Gasteiger partial charge < -0.3 is 19.5 Å². The molecular weight excluding hydrogens is 510 g/mol. The molecule has 6 rings (SSSR count). The molecule has 3 aromatic rings. The minimum absolute atomic E-state index is 0. The van der Waals surface area contributed by atoms with Crippen LogP contribution in [0.3, 0.4) is 0 Å². The number of aryl methyl sites for hydroxylation is 1. The number of piperidine rings is 1. The van der Waals surface area contributed by atoms with Crippen molar-refractivity contribution in [3.63, 3.8) is 0 Å². The monoisotopic (exact) mass is 538 g/mol. The normalized spacial score (nSPS) is 19.5. The van der Waals surface area contributed by atoms with Crippen LogP contribution in [0.2, 0.25) is 0 Å². The van der Waals surface area contributed by atoms with Crippen LogP contribution in [0, 0.1) is 5.82 Å². The van der Waals surface area contributed by atoms with Gasteiger partial charge >= 0.3 is 0 Å². The summed E-state index contributed by atoms with van der Waals surface area (Å²) in [5.41, 5.74) is 2.51. The lowest BCUT2D eigenvalue weighted by Gasteiger charge is -2.37. The number of rotatable bonds is 5. The molecule has 3 aliphatic rings. The van der Waals surface area contributed by atoms with Gasteiger partial charge in [0.15, 0.2) is 5.75 Å². The Morgan fingerprint density at radius 3 is 2.77 bits per heavy atom. The van der Waals surface area contributed by atoms with Crippen LogP contribution in [-0.4, -0.2) is 46.1 Å². The van der Waals surface area contributed by atoms with Gasteiger partial charge in [0.2, 0.25) is 0 Å². The summed E-state index contributed by atoms with van der Waals surface area (Å²) in [7, 11) is 0. The Bertz CT molecular complexity index is 1270. The number of aromatic nitrogens is 2.